The molecule has 0 rings (SSSR count). The maximum atomic E-state index is 12.2. The second-order valence-corrected chi connectivity index (χ2v) is 13.5. The average Bonchev–Trinajstić information content (AvgIpc) is 3.08. The van der Waals surface area contributed by atoms with Crippen molar-refractivity contribution in [3.8, 4) is 0 Å². The van der Waals surface area contributed by atoms with Crippen LogP contribution in [0.1, 0.15) is 194 Å². The first kappa shape index (κ1) is 46.1. The summed E-state index contributed by atoms with van der Waals surface area (Å²) < 4.78 is 10.6. The molecule has 0 aliphatic rings. The Balaban J connectivity index is 3.59. The molecule has 0 saturated carbocycles. The van der Waals surface area contributed by atoms with Gasteiger partial charge in [0.2, 0.25) is 0 Å². The van der Waals surface area contributed by atoms with Gasteiger partial charge in [-0.25, -0.2) is 0 Å². The van der Waals surface area contributed by atoms with Crippen LogP contribution in [0.4, 0.5) is 0 Å². The van der Waals surface area contributed by atoms with E-state index in [9.17, 15) is 19.8 Å². The predicted octanol–water partition coefficient (Wildman–Crippen LogP) is 11.4. The molecular weight excluding hydrogens is 600 g/mol. The van der Waals surface area contributed by atoms with Crippen LogP contribution in [0.25, 0.3) is 0 Å². The maximum Gasteiger partial charge on any atom is 0.306 e. The molecule has 0 aliphatic heterocycles. The van der Waals surface area contributed by atoms with Crippen LogP contribution in [0.2, 0.25) is 0 Å². The number of ether oxygens (including phenoxy) is 2. The summed E-state index contributed by atoms with van der Waals surface area (Å²) in [4.78, 5) is 24.3. The zero-order valence-electron chi connectivity index (χ0n) is 31.4. The molecule has 0 bridgehead atoms. The van der Waals surface area contributed by atoms with E-state index in [0.717, 1.165) is 64.2 Å². The average molecular weight is 677 g/mol. The molecule has 0 amide bonds. The van der Waals surface area contributed by atoms with Crippen molar-refractivity contribution in [2.45, 2.75) is 206 Å². The molecule has 6 nitrogen and oxygen atoms in total. The number of esters is 2. The molecule has 0 aliphatic carbocycles. The molecule has 0 radical (unpaired) electrons. The highest BCUT2D eigenvalue weighted by atomic mass is 16.6. The normalized spacial score (nSPS) is 13.2. The highest BCUT2D eigenvalue weighted by molar-refractivity contribution is 5.70. The molecule has 0 saturated heterocycles. The maximum absolute atomic E-state index is 12.2. The molecule has 2 atom stereocenters. The Kier molecular flexibility index (Phi) is 36.4. The fraction of sp³-hybridized carbons (Fsp3) is 0.810. The number of hydrogen-bond donors (Lipinski definition) is 2. The zero-order chi connectivity index (χ0) is 35.2. The molecule has 0 aromatic rings. The van der Waals surface area contributed by atoms with E-state index in [1.165, 1.54) is 96.3 Å². The van der Waals surface area contributed by atoms with Crippen molar-refractivity contribution >= 4 is 11.9 Å². The van der Waals surface area contributed by atoms with Gasteiger partial charge in [-0.2, -0.15) is 0 Å². The van der Waals surface area contributed by atoms with Crippen molar-refractivity contribution in [1.82, 2.24) is 0 Å². The van der Waals surface area contributed by atoms with E-state index >= 15 is 0 Å². The van der Waals surface area contributed by atoms with Crippen LogP contribution in [-0.2, 0) is 19.1 Å². The van der Waals surface area contributed by atoms with Gasteiger partial charge in [-0.05, 0) is 38.5 Å². The number of unbranched alkanes of at least 4 members (excludes halogenated alkanes) is 22. The van der Waals surface area contributed by atoms with Crippen LogP contribution >= 0.6 is 0 Å². The summed E-state index contributed by atoms with van der Waals surface area (Å²) in [6.07, 6.45) is 42.5. The minimum absolute atomic E-state index is 0.0856. The van der Waals surface area contributed by atoms with Crippen molar-refractivity contribution in [1.29, 1.82) is 0 Å². The summed E-state index contributed by atoms with van der Waals surface area (Å²) in [5.74, 6) is -0.639. The fourth-order valence-electron chi connectivity index (χ4n) is 5.71. The number of allylic oxidation sites excluding steroid dienone is 4. The number of rotatable bonds is 36. The number of carbonyl (C=O) groups is 2. The van der Waals surface area contributed by atoms with Gasteiger partial charge in [0.05, 0.1) is 12.7 Å². The fourth-order valence-corrected chi connectivity index (χ4v) is 5.71. The van der Waals surface area contributed by atoms with E-state index < -0.39 is 12.2 Å². The van der Waals surface area contributed by atoms with Gasteiger partial charge in [-0.3, -0.25) is 9.59 Å². The molecule has 1 unspecified atom stereocenters. The van der Waals surface area contributed by atoms with Crippen molar-refractivity contribution in [3.05, 3.63) is 36.5 Å². The number of hydrogen-bond acceptors (Lipinski definition) is 6. The zero-order valence-corrected chi connectivity index (χ0v) is 31.4. The molecule has 280 valence electrons. The van der Waals surface area contributed by atoms with Crippen molar-refractivity contribution < 1.29 is 29.3 Å². The number of carbonyl (C=O) groups excluding carboxylic acids is 2. The van der Waals surface area contributed by atoms with Gasteiger partial charge in [0.15, 0.2) is 6.10 Å². The topological polar surface area (TPSA) is 93.1 Å². The molecule has 0 heterocycles. The van der Waals surface area contributed by atoms with Crippen LogP contribution in [0.15, 0.2) is 36.5 Å². The highest BCUT2D eigenvalue weighted by Crippen LogP contribution is 2.15. The predicted molar refractivity (Wildman–Crippen MR) is 202 cm³/mol. The van der Waals surface area contributed by atoms with Gasteiger partial charge in [-0.1, -0.05) is 179 Å². The molecule has 6 heteroatoms. The SMILES string of the molecule is CC/C=C/CC(O)/C=C/C=C/CCCCCCCC(=O)O[C@@H](CO)COC(=O)CCCCCCCCCCCCCCCCCCCC. The summed E-state index contributed by atoms with van der Waals surface area (Å²) in [5, 5.41) is 19.4. The van der Waals surface area contributed by atoms with Crippen LogP contribution in [0, 0.1) is 0 Å². The molecule has 48 heavy (non-hydrogen) atoms. The standard InChI is InChI=1S/C42H76O6/c1-3-5-7-8-9-10-11-12-13-14-15-16-17-18-21-24-27-31-35-41(45)47-38-40(37-43)48-42(46)36-32-28-25-22-19-20-23-26-30-34-39(44)33-29-6-4-2/h6,23,26,29-30,34,39-40,43-44H,3-5,7-22,24-25,27-28,31-33,35-38H2,1-2H3/b26-23+,29-6+,34-30+/t39?,40-/m0/s1. The minimum atomic E-state index is -0.795. The van der Waals surface area contributed by atoms with Gasteiger partial charge >= 0.3 is 11.9 Å². The molecule has 2 N–H and O–H groups in total. The summed E-state index contributed by atoms with van der Waals surface area (Å²) in [6, 6.07) is 0. The van der Waals surface area contributed by atoms with Gasteiger partial charge in [0, 0.05) is 12.8 Å². The van der Waals surface area contributed by atoms with E-state index in [1.54, 1.807) is 0 Å². The minimum Gasteiger partial charge on any atom is -0.462 e. The third kappa shape index (κ3) is 35.4. The lowest BCUT2D eigenvalue weighted by Crippen LogP contribution is -2.28. The number of aliphatic hydroxyl groups is 2. The van der Waals surface area contributed by atoms with E-state index in [4.69, 9.17) is 9.47 Å². The molecule has 0 fully saturated rings. The Morgan fingerprint density at radius 1 is 0.583 bits per heavy atom. The van der Waals surface area contributed by atoms with Crippen LogP contribution in [0.3, 0.4) is 0 Å². The Morgan fingerprint density at radius 2 is 1.06 bits per heavy atom. The van der Waals surface area contributed by atoms with Crippen LogP contribution in [0.5, 0.6) is 0 Å². The van der Waals surface area contributed by atoms with E-state index in [0.29, 0.717) is 19.3 Å². The van der Waals surface area contributed by atoms with Gasteiger partial charge in [0.1, 0.15) is 6.61 Å². The Labute approximate surface area is 296 Å². The lowest BCUT2D eigenvalue weighted by Gasteiger charge is -2.15. The third-order valence-corrected chi connectivity index (χ3v) is 8.78. The monoisotopic (exact) mass is 677 g/mol. The first-order valence-corrected chi connectivity index (χ1v) is 20.2. The van der Waals surface area contributed by atoms with Crippen molar-refractivity contribution in [3.63, 3.8) is 0 Å². The van der Waals surface area contributed by atoms with Crippen LogP contribution in [-0.4, -0.2) is 47.6 Å². The van der Waals surface area contributed by atoms with Crippen molar-refractivity contribution in [2.24, 2.45) is 0 Å². The Hall–Kier alpha value is -1.92. The summed E-state index contributed by atoms with van der Waals surface area (Å²) in [7, 11) is 0. The first-order valence-electron chi connectivity index (χ1n) is 20.2. The summed E-state index contributed by atoms with van der Waals surface area (Å²) in [6.45, 7) is 3.92. The molecule has 0 aromatic heterocycles. The second-order valence-electron chi connectivity index (χ2n) is 13.5. The first-order chi connectivity index (χ1) is 23.5. The quantitative estimate of drug-likeness (QED) is 0.0297. The lowest BCUT2D eigenvalue weighted by molar-refractivity contribution is -0.161. The largest absolute Gasteiger partial charge is 0.462 e. The van der Waals surface area contributed by atoms with Gasteiger partial charge in [-0.15, -0.1) is 0 Å². The molecule has 0 spiro atoms. The molecular formula is C42H76O6. The van der Waals surface area contributed by atoms with E-state index in [2.05, 4.69) is 26.0 Å². The lowest BCUT2D eigenvalue weighted by atomic mass is 10.0. The van der Waals surface area contributed by atoms with Crippen LogP contribution < -0.4 is 0 Å². The Bertz CT molecular complexity index is 789. The third-order valence-electron chi connectivity index (χ3n) is 8.78. The smallest absolute Gasteiger partial charge is 0.306 e. The van der Waals surface area contributed by atoms with Gasteiger partial charge < -0.3 is 19.7 Å². The van der Waals surface area contributed by atoms with Gasteiger partial charge in [0.25, 0.3) is 0 Å². The van der Waals surface area contributed by atoms with E-state index in [1.807, 2.05) is 24.3 Å². The Morgan fingerprint density at radius 3 is 1.56 bits per heavy atom. The molecule has 0 aromatic carbocycles. The van der Waals surface area contributed by atoms with Crippen molar-refractivity contribution in [2.75, 3.05) is 13.2 Å². The second kappa shape index (κ2) is 37.9. The van der Waals surface area contributed by atoms with E-state index in [-0.39, 0.29) is 25.2 Å². The summed E-state index contributed by atoms with van der Waals surface area (Å²) >= 11 is 0. The number of aliphatic hydroxyl groups excluding tert-OH is 2. The summed E-state index contributed by atoms with van der Waals surface area (Å²) in [5.41, 5.74) is 0. The highest BCUT2D eigenvalue weighted by Gasteiger charge is 2.16.